The molecule has 0 radical (unpaired) electrons. The Hall–Kier alpha value is -3.51. The van der Waals surface area contributed by atoms with E-state index >= 15 is 0 Å². The fraction of sp³-hybridized carbons (Fsp3) is 0.952. The van der Waals surface area contributed by atoms with Crippen molar-refractivity contribution >= 4 is 44.1 Å². The number of hydrogen-bond donors (Lipinski definition) is 21. The lowest BCUT2D eigenvalue weighted by Crippen LogP contribution is -2.58. The summed E-state index contributed by atoms with van der Waals surface area (Å²) in [6.07, 6.45) is 38.6. The summed E-state index contributed by atoms with van der Waals surface area (Å²) in [6, 6.07) is 1.73. The Morgan fingerprint density at radius 2 is 0.860 bits per heavy atom. The van der Waals surface area contributed by atoms with Gasteiger partial charge in [-0.3, -0.25) is 20.2 Å². The number of nitrogens with zero attached hydrogens (tertiary/aromatic N) is 9. The van der Waals surface area contributed by atoms with E-state index in [0.717, 1.165) is 144 Å². The Kier molecular flexibility index (Phi) is 81.7. The van der Waals surface area contributed by atoms with Crippen molar-refractivity contribution < 1.29 is 65.1 Å². The molecule has 0 aromatic rings. The van der Waals surface area contributed by atoms with Crippen LogP contribution in [-0.4, -0.2) is 446 Å². The van der Waals surface area contributed by atoms with Crippen LogP contribution in [0, 0.1) is 23.3 Å². The van der Waals surface area contributed by atoms with Gasteiger partial charge in [-0.2, -0.15) is 10.5 Å². The number of carbonyl (C=O) groups is 3. The number of carbonyl (C=O) groups excluding carboxylic acids is 3. The standard InChI is InChI=1S/C10H22N2.C9H20N2.C8H16N2O2.C8H18N2.C7H16N2.C6H12N2O2.C6H13NO.C5H10N2O.C5H11NO.C5H11N.C4H10N2.C4H6N2.C4H9NO2.C4H9NO.C4H9NS.2C4H9N.C3H5F2N.C3H7NO2S.C2H7N/c11-7-3-1-4-8-12-9-5-2-6-10-12;10-6-2-5-9-11-7-3-1-4-8-11;1-8(2,3)12-7(11)10-4-6(9)5-10;9-5-4-8-10-6-2-1-3-7-10;8-4-7-9-5-2-1-3-6-9;1-10-4-6(9)8-2-5(7)3-8;1-2-6(3-7)4-8-5-6;1-4(8)7-2-5(6)3-7;1-5(2-6)3-7-4-5;1-5(6)3-2-4-5;1-6-2-4(5)3-6;1-6-4(5)2-3-4;5-1-4(6)2-7-3-4;5-1-4-2-6-3-4;1-6-2-4(5)3-6;2*5-4-2-1-3-4;4-3(5)1-2(3)6;4-3-1-7(5,6)2-3;1-2-3/h1-11H2;1-10H2;6H,4-5,9H2,1-3H3;1-9H2;1-8H2;5H,2-4,7H2,1H3;2-5,7H2,1H3;5H,2-3,6H2,1H3;2-4,6H2,1H3;2-4,6H2,1H3;4H,2-3,5H2,1H3;2-3,5H2;6H,1-3,5H2;2*4H,1-3,5H2;2*4H,1-3,5H2;2H,1,6H2;3H,1-2,4H2;2-3H2,1H3. The Morgan fingerprint density at radius 3 is 1.01 bits per heavy atom. The number of alkyl halides is 2. The maximum absolute atomic E-state index is 11.4. The molecule has 14 aliphatic heterocycles. The van der Waals surface area contributed by atoms with E-state index in [9.17, 15) is 31.6 Å². The molecule has 0 aromatic carbocycles. The van der Waals surface area contributed by atoms with Crippen molar-refractivity contribution in [2.75, 3.05) is 286 Å². The number of aliphatic hydroxyl groups is 1. The zero-order chi connectivity index (χ0) is 113. The summed E-state index contributed by atoms with van der Waals surface area (Å²) in [6.45, 7) is 56.5. The smallest absolute Gasteiger partial charge is 0.410 e. The van der Waals surface area contributed by atoms with Crippen LogP contribution in [0.3, 0.4) is 0 Å². The topological polar surface area (TPSA) is 712 Å². The van der Waals surface area contributed by atoms with Gasteiger partial charge in [-0.25, -0.2) is 28.6 Å². The van der Waals surface area contributed by atoms with Gasteiger partial charge in [-0.1, -0.05) is 71.6 Å². The number of unbranched alkanes of at least 4 members (excludes halogenated alkanes) is 3. The van der Waals surface area contributed by atoms with E-state index in [4.69, 9.17) is 150 Å². The minimum absolute atomic E-state index is 0.0317. The first-order valence-corrected chi connectivity index (χ1v) is 60.1. The van der Waals surface area contributed by atoms with Crippen LogP contribution in [-0.2, 0) is 47.8 Å². The van der Waals surface area contributed by atoms with Gasteiger partial charge in [0.2, 0.25) is 11.8 Å². The predicted molar refractivity (Wildman–Crippen MR) is 616 cm³/mol. The van der Waals surface area contributed by atoms with Crippen LogP contribution < -0.4 is 115 Å². The molecule has 14 saturated heterocycles. The normalized spacial score (nSPS) is 24.3. The fourth-order valence-electron chi connectivity index (χ4n) is 15.4. The number of methoxy groups -OCH3 is 1. The summed E-state index contributed by atoms with van der Waals surface area (Å²) < 4.78 is 72.6. The second-order valence-corrected chi connectivity index (χ2v) is 49.5. The fourth-order valence-corrected chi connectivity index (χ4v) is 17.7. The molecule has 150 heavy (non-hydrogen) atoms. The summed E-state index contributed by atoms with van der Waals surface area (Å²) in [5.74, 6) is 4.87. The first-order chi connectivity index (χ1) is 70.8. The van der Waals surface area contributed by atoms with Crippen molar-refractivity contribution in [3.63, 3.8) is 0 Å². The van der Waals surface area contributed by atoms with Gasteiger partial charge in [0, 0.05) is 201 Å². The van der Waals surface area contributed by atoms with Gasteiger partial charge in [0.05, 0.1) is 70.4 Å². The number of rotatable bonds is 21. The van der Waals surface area contributed by atoms with Crippen molar-refractivity contribution in [2.24, 2.45) is 131 Å². The lowest BCUT2D eigenvalue weighted by atomic mass is 9.80. The number of likely N-dealkylation sites (tertiary alicyclic amines) is 8. The zero-order valence-electron chi connectivity index (χ0n) is 95.7. The molecule has 1 atom stereocenters. The number of ether oxygens (including phenoxy) is 6. The first kappa shape index (κ1) is 146. The van der Waals surface area contributed by atoms with Gasteiger partial charge in [0.15, 0.2) is 9.84 Å². The summed E-state index contributed by atoms with van der Waals surface area (Å²) in [7, 11) is 1.38. The Balaban J connectivity index is 0.00000157. The van der Waals surface area contributed by atoms with Crippen LogP contribution in [0.5, 0.6) is 0 Å². The van der Waals surface area contributed by atoms with E-state index in [0.29, 0.717) is 97.3 Å². The second-order valence-electron chi connectivity index (χ2n) is 45.4. The second kappa shape index (κ2) is 83.7. The highest BCUT2D eigenvalue weighted by atomic mass is 32.2. The molecule has 3 amide bonds. The summed E-state index contributed by atoms with van der Waals surface area (Å²) in [5, 5.41) is 8.97. The molecule has 0 bridgehead atoms. The van der Waals surface area contributed by atoms with Crippen molar-refractivity contribution in [1.82, 2.24) is 39.2 Å². The number of sulfone groups is 1. The van der Waals surface area contributed by atoms with E-state index in [-0.39, 0.29) is 72.1 Å². The van der Waals surface area contributed by atoms with E-state index in [2.05, 4.69) is 67.8 Å². The highest BCUT2D eigenvalue weighted by Gasteiger charge is 2.54. The van der Waals surface area contributed by atoms with E-state index in [1.807, 2.05) is 27.7 Å². The molecule has 19 fully saturated rings. The minimum Gasteiger partial charge on any atom is -0.444 e. The maximum Gasteiger partial charge on any atom is 0.410 e. The Bertz CT molecular complexity index is 3360. The van der Waals surface area contributed by atoms with Gasteiger partial charge >= 0.3 is 6.09 Å². The maximum atomic E-state index is 11.4. The average Bonchev–Trinajstić information content (AvgIpc) is 1.58. The molecule has 5 aliphatic carbocycles. The predicted octanol–water partition coefficient (Wildman–Crippen LogP) is 1.84. The third-order valence-corrected chi connectivity index (χ3v) is 31.3. The molecular weight excluding hydrogens is 1960 g/mol. The molecule has 19 rings (SSSR count). The third-order valence-electron chi connectivity index (χ3n) is 27.6. The van der Waals surface area contributed by atoms with E-state index < -0.39 is 38.7 Å². The highest BCUT2D eigenvalue weighted by molar-refractivity contribution is 8.15. The van der Waals surface area contributed by atoms with Crippen molar-refractivity contribution in [2.45, 2.75) is 337 Å². The number of piperidine rings is 4. The number of likely N-dealkylation sites (N-methyl/N-ethyl adjacent to an activating group) is 1. The lowest BCUT2D eigenvalue weighted by Gasteiger charge is -2.39. The lowest BCUT2D eigenvalue weighted by molar-refractivity contribution is -0.171. The van der Waals surface area contributed by atoms with Crippen LogP contribution >= 0.6 is 10.5 Å². The molecule has 892 valence electrons. The summed E-state index contributed by atoms with van der Waals surface area (Å²) in [4.78, 5) is 53.1. The van der Waals surface area contributed by atoms with Gasteiger partial charge < -0.3 is 182 Å². The molecule has 41 nitrogen and oxygen atoms in total. The van der Waals surface area contributed by atoms with Crippen molar-refractivity contribution in [1.29, 1.82) is 0 Å². The van der Waals surface area contributed by atoms with Gasteiger partial charge in [0.1, 0.15) is 17.8 Å². The number of halogens is 2. The Labute approximate surface area is 909 Å². The number of hydrogen-bond acceptors (Lipinski definition) is 37. The minimum atomic E-state index is -2.66. The molecule has 14 heterocycles. The van der Waals surface area contributed by atoms with Crippen LogP contribution in [0.15, 0.2) is 0 Å². The average molecular weight is 2190 g/mol. The van der Waals surface area contributed by atoms with Gasteiger partial charge in [-0.05, 0) is 274 Å². The third kappa shape index (κ3) is 76.3. The number of amides is 3. The van der Waals surface area contributed by atoms with Gasteiger partial charge in [0.25, 0.3) is 11.6 Å². The van der Waals surface area contributed by atoms with Crippen LogP contribution in [0.25, 0.3) is 4.85 Å². The largest absolute Gasteiger partial charge is 0.444 e. The first-order valence-electron chi connectivity index (χ1n) is 56.6. The molecule has 5 saturated carbocycles. The summed E-state index contributed by atoms with van der Waals surface area (Å²) >= 11 is 0. The molecule has 19 aliphatic rings. The number of nitrogens with two attached hydrogens (primary N) is 20. The summed E-state index contributed by atoms with van der Waals surface area (Å²) in [5.41, 5.74) is 106. The van der Waals surface area contributed by atoms with E-state index in [1.165, 1.54) is 264 Å². The molecule has 1 unspecified atom stereocenters. The SMILES string of the molecule is C=S1CC(N)C1.CC(=O)N1CC(N)C1.CC(C)(C)OC(=O)N1CC(N)C1.CC1(CN)COC1.CC1(N)CCC1.CCC1(CN)COC1.CCN.CN1CC(N)C1.COCC(=O)N1CC(N)C1.NC1CC1(F)F.NC1CCC1.NC1CCC1.NC1CS(=O)(=O)C1.NCC1(O)COC1.NCC1COC1.NCCCCCN1CCCCC1.NCCCCN1CCCCC1.NCCCN1CCCCC1.NCCN1CCCCC1.[C-]#[N+]C1(N)CC1. The quantitative estimate of drug-likeness (QED) is 0.0443. The van der Waals surface area contributed by atoms with Crippen LogP contribution in [0.4, 0.5) is 13.6 Å². The zero-order valence-corrected chi connectivity index (χ0v) is 97.3. The van der Waals surface area contributed by atoms with Crippen molar-refractivity contribution in [3.05, 3.63) is 11.4 Å². The van der Waals surface area contributed by atoms with Crippen molar-refractivity contribution in [3.8, 4) is 0 Å². The Morgan fingerprint density at radius 1 is 0.493 bits per heavy atom. The molecular formula is C105H229F2N29O12S2. The molecule has 0 spiro atoms. The molecule has 45 heteroatoms. The van der Waals surface area contributed by atoms with Crippen LogP contribution in [0.1, 0.15) is 254 Å². The molecule has 41 N–H and O–H groups in total. The van der Waals surface area contributed by atoms with E-state index in [1.54, 1.807) is 21.6 Å². The highest BCUT2D eigenvalue weighted by Crippen LogP contribution is 2.39. The van der Waals surface area contributed by atoms with Crippen LogP contribution in [0.2, 0.25) is 0 Å². The van der Waals surface area contributed by atoms with Gasteiger partial charge in [-0.15, -0.1) is 0 Å². The monoisotopic (exact) mass is 2190 g/mol. The molecule has 0 aromatic heterocycles.